The van der Waals surface area contributed by atoms with Gasteiger partial charge >= 0.3 is 0 Å². The van der Waals surface area contributed by atoms with E-state index in [-0.39, 0.29) is 29.8 Å². The fourth-order valence-corrected chi connectivity index (χ4v) is 4.74. The number of halogens is 1. The van der Waals surface area contributed by atoms with Gasteiger partial charge in [-0.1, -0.05) is 61.8 Å². The Kier molecular flexibility index (Phi) is 4.79. The van der Waals surface area contributed by atoms with E-state index in [2.05, 4.69) is 19.2 Å². The van der Waals surface area contributed by atoms with Crippen molar-refractivity contribution in [1.82, 2.24) is 5.32 Å². The molecule has 0 aromatic heterocycles. The molecule has 140 valence electrons. The highest BCUT2D eigenvalue weighted by Gasteiger charge is 2.59. The molecule has 2 aliphatic heterocycles. The topological polar surface area (TPSA) is 49.4 Å². The first kappa shape index (κ1) is 18.2. The minimum atomic E-state index is -0.429. The maximum absolute atomic E-state index is 13.3. The summed E-state index contributed by atoms with van der Waals surface area (Å²) in [6.07, 6.45) is 0.837. The van der Waals surface area contributed by atoms with Crippen LogP contribution >= 0.6 is 11.6 Å². The van der Waals surface area contributed by atoms with Crippen molar-refractivity contribution in [2.75, 3.05) is 4.90 Å². The average molecular weight is 383 g/mol. The third-order valence-electron chi connectivity index (χ3n) is 5.56. The van der Waals surface area contributed by atoms with E-state index in [4.69, 9.17) is 11.6 Å². The molecule has 2 saturated heterocycles. The largest absolute Gasteiger partial charge is 0.306 e. The molecule has 0 saturated carbocycles. The highest BCUT2D eigenvalue weighted by atomic mass is 35.5. The number of benzene rings is 2. The first-order valence-corrected chi connectivity index (χ1v) is 9.80. The van der Waals surface area contributed by atoms with Gasteiger partial charge in [-0.2, -0.15) is 0 Å². The van der Waals surface area contributed by atoms with Crippen molar-refractivity contribution >= 4 is 29.1 Å². The lowest BCUT2D eigenvalue weighted by Gasteiger charge is -2.24. The molecule has 2 heterocycles. The van der Waals surface area contributed by atoms with Crippen LogP contribution in [0.25, 0.3) is 0 Å². The molecule has 0 aliphatic carbocycles. The van der Waals surface area contributed by atoms with Gasteiger partial charge in [-0.15, -0.1) is 0 Å². The number of nitrogens with one attached hydrogen (secondary N) is 1. The summed E-state index contributed by atoms with van der Waals surface area (Å²) in [7, 11) is 0. The highest BCUT2D eigenvalue weighted by Crippen LogP contribution is 2.47. The van der Waals surface area contributed by atoms with Crippen molar-refractivity contribution in [2.45, 2.75) is 32.4 Å². The lowest BCUT2D eigenvalue weighted by molar-refractivity contribution is -0.123. The van der Waals surface area contributed by atoms with Gasteiger partial charge < -0.3 is 5.32 Å². The SMILES string of the molecule is CC(C)C[C@H]1N[C@@H](c2ccccc2Cl)[C@H]2C(=O)N(c3ccccc3)C(=O)[C@H]21. The number of hydrogen-bond donors (Lipinski definition) is 1. The van der Waals surface area contributed by atoms with Crippen LogP contribution in [0.4, 0.5) is 5.69 Å². The first-order valence-electron chi connectivity index (χ1n) is 9.42. The van der Waals surface area contributed by atoms with E-state index in [1.165, 1.54) is 4.90 Å². The number of carbonyl (C=O) groups is 2. The van der Waals surface area contributed by atoms with Crippen LogP contribution in [0.5, 0.6) is 0 Å². The van der Waals surface area contributed by atoms with Gasteiger partial charge in [-0.05, 0) is 36.1 Å². The number of carbonyl (C=O) groups excluding carboxylic acids is 2. The van der Waals surface area contributed by atoms with Gasteiger partial charge in [0.05, 0.1) is 17.5 Å². The summed E-state index contributed by atoms with van der Waals surface area (Å²) in [6.45, 7) is 4.27. The van der Waals surface area contributed by atoms with Crippen molar-refractivity contribution in [1.29, 1.82) is 0 Å². The Labute approximate surface area is 164 Å². The van der Waals surface area contributed by atoms with Crippen LogP contribution in [0.3, 0.4) is 0 Å². The molecule has 0 spiro atoms. The van der Waals surface area contributed by atoms with Crippen LogP contribution in [-0.2, 0) is 9.59 Å². The van der Waals surface area contributed by atoms with E-state index in [1.807, 2.05) is 54.6 Å². The summed E-state index contributed by atoms with van der Waals surface area (Å²) in [5.74, 6) is -0.617. The normalized spacial score (nSPS) is 27.5. The number of fused-ring (bicyclic) bond motifs is 1. The Morgan fingerprint density at radius 2 is 1.59 bits per heavy atom. The number of anilines is 1. The molecule has 2 aliphatic rings. The number of imide groups is 1. The van der Waals surface area contributed by atoms with Crippen LogP contribution in [0.15, 0.2) is 54.6 Å². The van der Waals surface area contributed by atoms with E-state index >= 15 is 0 Å². The second-order valence-electron chi connectivity index (χ2n) is 7.80. The van der Waals surface area contributed by atoms with Crippen LogP contribution in [-0.4, -0.2) is 17.9 Å². The van der Waals surface area contributed by atoms with Gasteiger partial charge in [0.15, 0.2) is 0 Å². The molecule has 4 rings (SSSR count). The maximum Gasteiger partial charge on any atom is 0.239 e. The first-order chi connectivity index (χ1) is 13.0. The van der Waals surface area contributed by atoms with Crippen molar-refractivity contribution in [2.24, 2.45) is 17.8 Å². The Hall–Kier alpha value is -2.17. The van der Waals surface area contributed by atoms with Crippen LogP contribution in [0.1, 0.15) is 31.9 Å². The summed E-state index contributed by atoms with van der Waals surface area (Å²) in [5.41, 5.74) is 1.53. The molecule has 2 fully saturated rings. The van der Waals surface area contributed by atoms with Gasteiger partial charge in [0.2, 0.25) is 11.8 Å². The third kappa shape index (κ3) is 3.07. The molecule has 4 atom stereocenters. The van der Waals surface area contributed by atoms with Crippen molar-refractivity contribution in [3.63, 3.8) is 0 Å². The second-order valence-corrected chi connectivity index (χ2v) is 8.21. The van der Waals surface area contributed by atoms with E-state index in [9.17, 15) is 9.59 Å². The van der Waals surface area contributed by atoms with Gasteiger partial charge in [0.25, 0.3) is 0 Å². The quantitative estimate of drug-likeness (QED) is 0.806. The van der Waals surface area contributed by atoms with E-state index in [1.54, 1.807) is 0 Å². The number of rotatable bonds is 4. The Bertz CT molecular complexity index is 868. The lowest BCUT2D eigenvalue weighted by Crippen LogP contribution is -2.40. The molecule has 4 nitrogen and oxygen atoms in total. The molecule has 27 heavy (non-hydrogen) atoms. The summed E-state index contributed by atoms with van der Waals surface area (Å²) in [6, 6.07) is 16.5. The molecule has 1 N–H and O–H groups in total. The summed E-state index contributed by atoms with van der Waals surface area (Å²) < 4.78 is 0. The fourth-order valence-electron chi connectivity index (χ4n) is 4.49. The predicted molar refractivity (Wildman–Crippen MR) is 106 cm³/mol. The number of hydrogen-bond acceptors (Lipinski definition) is 3. The summed E-state index contributed by atoms with van der Waals surface area (Å²) in [4.78, 5) is 28.0. The minimum absolute atomic E-state index is 0.0403. The van der Waals surface area contributed by atoms with E-state index < -0.39 is 5.92 Å². The van der Waals surface area contributed by atoms with Crippen LogP contribution in [0, 0.1) is 17.8 Å². The van der Waals surface area contributed by atoms with Crippen molar-refractivity contribution in [3.05, 3.63) is 65.2 Å². The molecule has 5 heteroatoms. The zero-order chi connectivity index (χ0) is 19.1. The fraction of sp³-hybridized carbons (Fsp3) is 0.364. The molecule has 0 radical (unpaired) electrons. The van der Waals surface area contributed by atoms with Crippen LogP contribution < -0.4 is 10.2 Å². The molecule has 0 unspecified atom stereocenters. The highest BCUT2D eigenvalue weighted by molar-refractivity contribution is 6.31. The molecule has 2 amide bonds. The zero-order valence-corrected chi connectivity index (χ0v) is 16.2. The molecule has 0 bridgehead atoms. The smallest absolute Gasteiger partial charge is 0.239 e. The van der Waals surface area contributed by atoms with E-state index in [0.29, 0.717) is 16.6 Å². The molecular formula is C22H23ClN2O2. The van der Waals surface area contributed by atoms with Gasteiger partial charge in [-0.25, -0.2) is 4.90 Å². The van der Waals surface area contributed by atoms with Gasteiger partial charge in [-0.3, -0.25) is 9.59 Å². The third-order valence-corrected chi connectivity index (χ3v) is 5.91. The molecule has 2 aromatic rings. The lowest BCUT2D eigenvalue weighted by atomic mass is 9.84. The Morgan fingerprint density at radius 1 is 0.963 bits per heavy atom. The van der Waals surface area contributed by atoms with Crippen molar-refractivity contribution in [3.8, 4) is 0 Å². The summed E-state index contributed by atoms with van der Waals surface area (Å²) in [5, 5.41) is 4.18. The maximum atomic E-state index is 13.3. The summed E-state index contributed by atoms with van der Waals surface area (Å²) >= 11 is 6.44. The Morgan fingerprint density at radius 3 is 2.26 bits per heavy atom. The molecule has 2 aromatic carbocycles. The second kappa shape index (κ2) is 7.10. The van der Waals surface area contributed by atoms with Crippen molar-refractivity contribution < 1.29 is 9.59 Å². The van der Waals surface area contributed by atoms with E-state index in [0.717, 1.165) is 12.0 Å². The number of amides is 2. The van der Waals surface area contributed by atoms with Gasteiger partial charge in [0.1, 0.15) is 0 Å². The number of nitrogens with zero attached hydrogens (tertiary/aromatic N) is 1. The predicted octanol–water partition coefficient (Wildman–Crippen LogP) is 4.20. The zero-order valence-electron chi connectivity index (χ0n) is 15.4. The standard InChI is InChI=1S/C22H23ClN2O2/c1-13(2)12-17-18-19(20(24-17)15-10-6-7-11-16(15)23)22(27)25(21(18)26)14-8-4-3-5-9-14/h3-11,13,17-20,24H,12H2,1-2H3/t17-,18+,19+,20+/m1/s1. The Balaban J connectivity index is 1.76. The molecular weight excluding hydrogens is 360 g/mol. The van der Waals surface area contributed by atoms with Crippen LogP contribution in [0.2, 0.25) is 5.02 Å². The monoisotopic (exact) mass is 382 g/mol. The van der Waals surface area contributed by atoms with Gasteiger partial charge in [0, 0.05) is 17.1 Å². The number of para-hydroxylation sites is 1. The average Bonchev–Trinajstić information content (AvgIpc) is 3.13. The minimum Gasteiger partial charge on any atom is -0.306 e.